The molecule has 0 spiro atoms. The van der Waals surface area contributed by atoms with E-state index in [0.717, 1.165) is 17.6 Å². The van der Waals surface area contributed by atoms with Crippen molar-refractivity contribution in [1.29, 1.82) is 0 Å². The van der Waals surface area contributed by atoms with Gasteiger partial charge in [0.05, 0.1) is 27.7 Å². The number of quaternary nitrogens is 1. The molecule has 7 heteroatoms. The predicted octanol–water partition coefficient (Wildman–Crippen LogP) is -0.196. The first-order chi connectivity index (χ1) is 7.06. The molecule has 0 aromatic heterocycles. The molecule has 0 bridgehead atoms. The standard InChI is InChI=1S/C9H18NO.H3O4P/c1-5-6-8-11-9-7-10(2,3)4;1-5(2,3)4/h7-9H2,1-4H3;(H3,1,2,3,4)/q+1;. The van der Waals surface area contributed by atoms with Gasteiger partial charge in [0, 0.05) is 0 Å². The molecule has 0 aromatic carbocycles. The van der Waals surface area contributed by atoms with Crippen LogP contribution in [0.25, 0.3) is 0 Å². The van der Waals surface area contributed by atoms with Gasteiger partial charge in [0.15, 0.2) is 0 Å². The Bertz CT molecular complexity index is 262. The molecule has 0 radical (unpaired) electrons. The smallest absolute Gasteiger partial charge is 0.363 e. The summed E-state index contributed by atoms with van der Waals surface area (Å²) in [6.45, 7) is 4.21. The minimum atomic E-state index is -4.64. The zero-order valence-electron chi connectivity index (χ0n) is 10.2. The van der Waals surface area contributed by atoms with E-state index in [1.54, 1.807) is 0 Å². The number of likely N-dealkylation sites (N-methyl/N-ethyl adjacent to an activating group) is 1. The first kappa shape index (κ1) is 18.0. The minimum absolute atomic E-state index is 0.566. The summed E-state index contributed by atoms with van der Waals surface area (Å²) >= 11 is 0. The molecule has 0 aliphatic carbocycles. The third-order valence-corrected chi connectivity index (χ3v) is 1.26. The number of ether oxygens (including phenoxy) is 1. The van der Waals surface area contributed by atoms with Gasteiger partial charge in [-0.15, -0.1) is 5.92 Å². The van der Waals surface area contributed by atoms with Crippen molar-refractivity contribution in [3.63, 3.8) is 0 Å². The van der Waals surface area contributed by atoms with Gasteiger partial charge in [-0.25, -0.2) is 4.57 Å². The van der Waals surface area contributed by atoms with Crippen molar-refractivity contribution in [2.75, 3.05) is 40.9 Å². The van der Waals surface area contributed by atoms with E-state index in [1.807, 2.05) is 6.92 Å². The second kappa shape index (κ2) is 8.71. The van der Waals surface area contributed by atoms with Gasteiger partial charge < -0.3 is 23.9 Å². The zero-order chi connectivity index (χ0) is 13.2. The van der Waals surface area contributed by atoms with E-state index in [2.05, 4.69) is 33.0 Å². The molecule has 0 aromatic rings. The van der Waals surface area contributed by atoms with Crippen LogP contribution in [0.5, 0.6) is 0 Å². The summed E-state index contributed by atoms with van der Waals surface area (Å²) in [6, 6.07) is 0. The minimum Gasteiger partial charge on any atom is -0.363 e. The molecule has 0 atom stereocenters. The fourth-order valence-electron chi connectivity index (χ4n) is 0.534. The zero-order valence-corrected chi connectivity index (χ0v) is 11.1. The molecule has 0 heterocycles. The molecule has 3 N–H and O–H groups in total. The lowest BCUT2D eigenvalue weighted by atomic mass is 10.5. The van der Waals surface area contributed by atoms with Gasteiger partial charge in [-0.2, -0.15) is 0 Å². The summed E-state index contributed by atoms with van der Waals surface area (Å²) in [4.78, 5) is 21.6. The summed E-state index contributed by atoms with van der Waals surface area (Å²) < 4.78 is 15.1. The summed E-state index contributed by atoms with van der Waals surface area (Å²) in [5, 5.41) is 0. The van der Waals surface area contributed by atoms with E-state index >= 15 is 0 Å². The van der Waals surface area contributed by atoms with Crippen molar-refractivity contribution >= 4 is 7.82 Å². The van der Waals surface area contributed by atoms with Crippen molar-refractivity contribution in [2.45, 2.75) is 6.92 Å². The van der Waals surface area contributed by atoms with E-state index in [-0.39, 0.29) is 0 Å². The van der Waals surface area contributed by atoms with Crippen LogP contribution in [0.2, 0.25) is 0 Å². The van der Waals surface area contributed by atoms with Gasteiger partial charge in [0.2, 0.25) is 0 Å². The van der Waals surface area contributed by atoms with Crippen LogP contribution in [0.15, 0.2) is 0 Å². The highest BCUT2D eigenvalue weighted by Gasteiger charge is 2.04. The van der Waals surface area contributed by atoms with Crippen LogP contribution in [0, 0.1) is 11.8 Å². The average molecular weight is 254 g/mol. The maximum Gasteiger partial charge on any atom is 0.466 e. The van der Waals surface area contributed by atoms with Gasteiger partial charge >= 0.3 is 7.82 Å². The van der Waals surface area contributed by atoms with E-state index in [1.165, 1.54) is 0 Å². The van der Waals surface area contributed by atoms with Crippen LogP contribution >= 0.6 is 7.82 Å². The molecule has 16 heavy (non-hydrogen) atoms. The maximum absolute atomic E-state index is 8.88. The number of phosphoric acid groups is 1. The highest BCUT2D eigenvalue weighted by Crippen LogP contribution is 2.25. The van der Waals surface area contributed by atoms with E-state index in [0.29, 0.717) is 6.61 Å². The van der Waals surface area contributed by atoms with Crippen molar-refractivity contribution in [3.8, 4) is 11.8 Å². The van der Waals surface area contributed by atoms with Gasteiger partial charge in [-0.3, -0.25) is 0 Å². The topological polar surface area (TPSA) is 87.0 Å². The predicted molar refractivity (Wildman–Crippen MR) is 61.4 cm³/mol. The summed E-state index contributed by atoms with van der Waals surface area (Å²) in [5.41, 5.74) is 0. The second-order valence-corrected chi connectivity index (χ2v) is 5.03. The highest BCUT2D eigenvalue weighted by atomic mass is 31.2. The average Bonchev–Trinajstić information content (AvgIpc) is 1.98. The molecule has 0 fully saturated rings. The second-order valence-electron chi connectivity index (χ2n) is 4.01. The molecular weight excluding hydrogens is 233 g/mol. The van der Waals surface area contributed by atoms with E-state index in [9.17, 15) is 0 Å². The van der Waals surface area contributed by atoms with Crippen LogP contribution in [0.4, 0.5) is 0 Å². The Morgan fingerprint density at radius 2 is 1.69 bits per heavy atom. The largest absolute Gasteiger partial charge is 0.466 e. The SMILES string of the molecule is CC#CCOCC[N+](C)(C)C.O=P(O)(O)O. The van der Waals surface area contributed by atoms with E-state index in [4.69, 9.17) is 24.0 Å². The summed E-state index contributed by atoms with van der Waals surface area (Å²) in [6.07, 6.45) is 0. The normalized spacial score (nSPS) is 10.9. The molecule has 0 amide bonds. The van der Waals surface area contributed by atoms with Gasteiger partial charge in [0.1, 0.15) is 13.2 Å². The summed E-state index contributed by atoms with van der Waals surface area (Å²) in [5.74, 6) is 5.64. The first-order valence-corrected chi connectivity index (χ1v) is 6.19. The third-order valence-electron chi connectivity index (χ3n) is 1.26. The Kier molecular flexibility index (Phi) is 9.78. The molecule has 0 aliphatic heterocycles. The number of nitrogens with zero attached hydrogens (tertiary/aromatic N) is 1. The maximum atomic E-state index is 8.88. The Labute approximate surface area is 96.7 Å². The lowest BCUT2D eigenvalue weighted by Crippen LogP contribution is -2.37. The molecular formula is C9H21NO5P+. The fourth-order valence-corrected chi connectivity index (χ4v) is 0.534. The van der Waals surface area contributed by atoms with Crippen LogP contribution < -0.4 is 0 Å². The molecule has 0 unspecified atom stereocenters. The Morgan fingerprint density at radius 3 is 2.00 bits per heavy atom. The number of rotatable bonds is 4. The monoisotopic (exact) mass is 254 g/mol. The fraction of sp³-hybridized carbons (Fsp3) is 0.778. The van der Waals surface area contributed by atoms with Crippen LogP contribution in [-0.2, 0) is 9.30 Å². The molecule has 0 saturated heterocycles. The van der Waals surface area contributed by atoms with Crippen LogP contribution in [-0.4, -0.2) is 60.1 Å². The van der Waals surface area contributed by atoms with Crippen molar-refractivity contribution < 1.29 is 28.5 Å². The quantitative estimate of drug-likeness (QED) is 0.280. The van der Waals surface area contributed by atoms with E-state index < -0.39 is 7.82 Å². The lowest BCUT2D eigenvalue weighted by molar-refractivity contribution is -0.870. The van der Waals surface area contributed by atoms with Crippen molar-refractivity contribution in [1.82, 2.24) is 0 Å². The van der Waals surface area contributed by atoms with Gasteiger partial charge in [-0.1, -0.05) is 5.92 Å². The highest BCUT2D eigenvalue weighted by molar-refractivity contribution is 7.45. The molecule has 0 saturated carbocycles. The first-order valence-electron chi connectivity index (χ1n) is 4.62. The Morgan fingerprint density at radius 1 is 1.25 bits per heavy atom. The lowest BCUT2D eigenvalue weighted by Gasteiger charge is -2.23. The summed E-state index contributed by atoms with van der Waals surface area (Å²) in [7, 11) is 1.80. The molecule has 0 rings (SSSR count). The molecule has 0 aliphatic rings. The van der Waals surface area contributed by atoms with Crippen molar-refractivity contribution in [2.24, 2.45) is 0 Å². The van der Waals surface area contributed by atoms with Gasteiger partial charge in [0.25, 0.3) is 0 Å². The molecule has 96 valence electrons. The third kappa shape index (κ3) is 37.4. The Hall–Kier alpha value is -0.410. The Balaban J connectivity index is 0. The number of hydrogen-bond donors (Lipinski definition) is 3. The van der Waals surface area contributed by atoms with Crippen LogP contribution in [0.3, 0.4) is 0 Å². The van der Waals surface area contributed by atoms with Gasteiger partial charge in [-0.05, 0) is 6.92 Å². The van der Waals surface area contributed by atoms with Crippen LogP contribution in [0.1, 0.15) is 6.92 Å². The number of hydrogen-bond acceptors (Lipinski definition) is 2. The van der Waals surface area contributed by atoms with Crippen molar-refractivity contribution in [3.05, 3.63) is 0 Å². The molecule has 6 nitrogen and oxygen atoms in total.